The summed E-state index contributed by atoms with van der Waals surface area (Å²) in [5, 5.41) is 10.3. The van der Waals surface area contributed by atoms with Crippen LogP contribution in [-0.2, 0) is 0 Å². The smallest absolute Gasteiger partial charge is 0.200 e. The molecule has 1 aliphatic rings. The van der Waals surface area contributed by atoms with E-state index >= 15 is 0 Å². The highest BCUT2D eigenvalue weighted by Gasteiger charge is 2.26. The first-order chi connectivity index (χ1) is 9.15. The number of Topliss-reactive ketones (excluding diaryl/α,β-unsaturated/α-hetero) is 1. The fraction of sp³-hybridized carbons (Fsp3) is 0. The summed E-state index contributed by atoms with van der Waals surface area (Å²) in [5.41, 5.74) is 1.26. The van der Waals surface area contributed by atoms with Crippen LogP contribution in [0.3, 0.4) is 0 Å². The number of benzene rings is 2. The van der Waals surface area contributed by atoms with Crippen LogP contribution in [0.1, 0.15) is 15.9 Å². The molecule has 3 rings (SSSR count). The van der Waals surface area contributed by atoms with E-state index in [1.807, 2.05) is 12.1 Å². The van der Waals surface area contributed by atoms with Gasteiger partial charge in [0, 0.05) is 21.0 Å². The Labute approximate surface area is 119 Å². The first kappa shape index (κ1) is 12.3. The summed E-state index contributed by atoms with van der Waals surface area (Å²) in [6.07, 6.45) is 1.70. The monoisotopic (exact) mass is 288 g/mol. The Morgan fingerprint density at radius 3 is 2.74 bits per heavy atom. The molecule has 0 spiro atoms. The number of rotatable bonds is 1. The summed E-state index contributed by atoms with van der Waals surface area (Å²) in [7, 11) is 0. The van der Waals surface area contributed by atoms with Crippen LogP contribution in [0.15, 0.2) is 52.3 Å². The lowest BCUT2D eigenvalue weighted by Gasteiger charge is -1.99. The molecule has 0 radical (unpaired) electrons. The maximum atomic E-state index is 12.2. The second kappa shape index (κ2) is 4.76. The molecule has 0 aromatic heterocycles. The average Bonchev–Trinajstić information content (AvgIpc) is 2.70. The van der Waals surface area contributed by atoms with Gasteiger partial charge in [-0.3, -0.25) is 4.79 Å². The number of carbonyl (C=O) groups is 1. The van der Waals surface area contributed by atoms with Crippen molar-refractivity contribution in [2.24, 2.45) is 0 Å². The zero-order valence-electron chi connectivity index (χ0n) is 9.76. The van der Waals surface area contributed by atoms with E-state index < -0.39 is 0 Å². The largest absolute Gasteiger partial charge is 0.507 e. The Kier molecular flexibility index (Phi) is 3.09. The van der Waals surface area contributed by atoms with Crippen molar-refractivity contribution >= 4 is 35.2 Å². The van der Waals surface area contributed by atoms with Crippen LogP contribution >= 0.6 is 23.4 Å². The van der Waals surface area contributed by atoms with Crippen molar-refractivity contribution in [1.82, 2.24) is 0 Å². The Bertz CT molecular complexity index is 707. The topological polar surface area (TPSA) is 37.3 Å². The van der Waals surface area contributed by atoms with Gasteiger partial charge in [0.15, 0.2) is 0 Å². The fourth-order valence-corrected chi connectivity index (χ4v) is 3.11. The molecule has 0 saturated carbocycles. The van der Waals surface area contributed by atoms with Gasteiger partial charge in [0.2, 0.25) is 5.78 Å². The third-order valence-corrected chi connectivity index (χ3v) is 4.19. The lowest BCUT2D eigenvalue weighted by Crippen LogP contribution is -1.94. The highest BCUT2D eigenvalue weighted by molar-refractivity contribution is 8.04. The van der Waals surface area contributed by atoms with Gasteiger partial charge in [0.25, 0.3) is 0 Å². The van der Waals surface area contributed by atoms with Crippen LogP contribution in [0.4, 0.5) is 0 Å². The minimum Gasteiger partial charge on any atom is -0.507 e. The number of thioether (sulfide) groups is 1. The molecule has 0 aliphatic carbocycles. The summed E-state index contributed by atoms with van der Waals surface area (Å²) in [5.74, 6) is 0.114. The van der Waals surface area contributed by atoms with Crippen molar-refractivity contribution in [3.8, 4) is 5.75 Å². The number of phenolic OH excluding ortho intramolecular Hbond substituents is 1. The van der Waals surface area contributed by atoms with Gasteiger partial charge in [-0.2, -0.15) is 0 Å². The van der Waals surface area contributed by atoms with Crippen molar-refractivity contribution < 1.29 is 9.90 Å². The molecule has 0 bridgehead atoms. The van der Waals surface area contributed by atoms with Gasteiger partial charge < -0.3 is 5.11 Å². The predicted octanol–water partition coefficient (Wildman–Crippen LogP) is 4.38. The third-order valence-electron chi connectivity index (χ3n) is 2.85. The van der Waals surface area contributed by atoms with E-state index in [0.29, 0.717) is 21.1 Å². The lowest BCUT2D eigenvalue weighted by atomic mass is 10.1. The van der Waals surface area contributed by atoms with Crippen LogP contribution < -0.4 is 0 Å². The number of allylic oxidation sites excluding steroid dienone is 1. The molecular formula is C15H9ClO2S. The van der Waals surface area contributed by atoms with Crippen molar-refractivity contribution in [3.63, 3.8) is 0 Å². The van der Waals surface area contributed by atoms with Crippen LogP contribution in [0.25, 0.3) is 6.08 Å². The minimum absolute atomic E-state index is 0.0502. The molecule has 0 fully saturated rings. The molecule has 1 N–H and O–H groups in total. The fourth-order valence-electron chi connectivity index (χ4n) is 1.91. The van der Waals surface area contributed by atoms with Gasteiger partial charge in [-0.05, 0) is 30.3 Å². The SMILES string of the molecule is O=C1/C(=C\c2ccccc2O)Sc2ccc(Cl)cc21. The molecule has 2 aromatic rings. The van der Waals surface area contributed by atoms with Crippen LogP contribution in [-0.4, -0.2) is 10.9 Å². The van der Waals surface area contributed by atoms with Gasteiger partial charge in [0.05, 0.1) is 4.91 Å². The van der Waals surface area contributed by atoms with E-state index in [4.69, 9.17) is 11.6 Å². The Morgan fingerprint density at radius 1 is 1.16 bits per heavy atom. The zero-order chi connectivity index (χ0) is 13.4. The number of phenols is 1. The van der Waals surface area contributed by atoms with E-state index in [1.165, 1.54) is 11.8 Å². The van der Waals surface area contributed by atoms with Gasteiger partial charge in [-0.25, -0.2) is 0 Å². The van der Waals surface area contributed by atoms with E-state index in [2.05, 4.69) is 0 Å². The summed E-state index contributed by atoms with van der Waals surface area (Å²) >= 11 is 7.30. The molecular weight excluding hydrogens is 280 g/mol. The lowest BCUT2D eigenvalue weighted by molar-refractivity contribution is 0.104. The molecule has 2 nitrogen and oxygen atoms in total. The van der Waals surface area contributed by atoms with E-state index in [0.717, 1.165) is 4.90 Å². The summed E-state index contributed by atoms with van der Waals surface area (Å²) < 4.78 is 0. The van der Waals surface area contributed by atoms with Crippen molar-refractivity contribution in [1.29, 1.82) is 0 Å². The Balaban J connectivity index is 2.03. The Morgan fingerprint density at radius 2 is 1.95 bits per heavy atom. The first-order valence-corrected chi connectivity index (χ1v) is 6.86. The standard InChI is InChI=1S/C15H9ClO2S/c16-10-5-6-13-11(8-10)15(18)14(19-13)7-9-3-1-2-4-12(9)17/h1-8,17H/b14-7+. The molecule has 0 saturated heterocycles. The number of fused-ring (bicyclic) bond motifs is 1. The van der Waals surface area contributed by atoms with Crippen LogP contribution in [0.2, 0.25) is 5.02 Å². The van der Waals surface area contributed by atoms with Crippen molar-refractivity contribution in [3.05, 3.63) is 63.5 Å². The van der Waals surface area contributed by atoms with Gasteiger partial charge in [-0.15, -0.1) is 0 Å². The van der Waals surface area contributed by atoms with Crippen molar-refractivity contribution in [2.45, 2.75) is 4.90 Å². The molecule has 4 heteroatoms. The quantitative estimate of drug-likeness (QED) is 0.792. The molecule has 0 atom stereocenters. The van der Waals surface area contributed by atoms with E-state index in [9.17, 15) is 9.90 Å². The molecule has 1 heterocycles. The normalized spacial score (nSPS) is 15.8. The maximum absolute atomic E-state index is 12.2. The molecule has 0 amide bonds. The first-order valence-electron chi connectivity index (χ1n) is 5.67. The minimum atomic E-state index is -0.0502. The van der Waals surface area contributed by atoms with Gasteiger partial charge >= 0.3 is 0 Å². The Hall–Kier alpha value is -1.71. The molecule has 94 valence electrons. The maximum Gasteiger partial charge on any atom is 0.200 e. The van der Waals surface area contributed by atoms with Gasteiger partial charge in [0.1, 0.15) is 5.75 Å². The van der Waals surface area contributed by atoms with Crippen LogP contribution in [0.5, 0.6) is 5.75 Å². The van der Waals surface area contributed by atoms with Crippen LogP contribution in [0, 0.1) is 0 Å². The second-order valence-electron chi connectivity index (χ2n) is 4.14. The molecule has 0 unspecified atom stereocenters. The summed E-state index contributed by atoms with van der Waals surface area (Å²) in [6, 6.07) is 12.2. The summed E-state index contributed by atoms with van der Waals surface area (Å²) in [6.45, 7) is 0. The number of halogens is 1. The number of para-hydroxylation sites is 1. The second-order valence-corrected chi connectivity index (χ2v) is 5.66. The number of aromatic hydroxyl groups is 1. The number of hydrogen-bond acceptors (Lipinski definition) is 3. The highest BCUT2D eigenvalue weighted by atomic mass is 35.5. The van der Waals surface area contributed by atoms with Crippen molar-refractivity contribution in [2.75, 3.05) is 0 Å². The third kappa shape index (κ3) is 2.27. The van der Waals surface area contributed by atoms with E-state index in [1.54, 1.807) is 36.4 Å². The number of hydrogen-bond donors (Lipinski definition) is 1. The molecule has 1 aliphatic heterocycles. The zero-order valence-corrected chi connectivity index (χ0v) is 11.3. The highest BCUT2D eigenvalue weighted by Crippen LogP contribution is 2.42. The molecule has 2 aromatic carbocycles. The average molecular weight is 289 g/mol. The predicted molar refractivity (Wildman–Crippen MR) is 77.7 cm³/mol. The number of carbonyl (C=O) groups excluding carboxylic acids is 1. The van der Waals surface area contributed by atoms with Gasteiger partial charge in [-0.1, -0.05) is 41.6 Å². The van der Waals surface area contributed by atoms with E-state index in [-0.39, 0.29) is 11.5 Å². The summed E-state index contributed by atoms with van der Waals surface area (Å²) in [4.78, 5) is 13.7. The molecule has 19 heavy (non-hydrogen) atoms. The number of ketones is 1.